The first-order valence-electron chi connectivity index (χ1n) is 4.48. The van der Waals surface area contributed by atoms with Crippen molar-refractivity contribution >= 4 is 23.2 Å². The number of benzene rings is 1. The van der Waals surface area contributed by atoms with Crippen LogP contribution in [0, 0.1) is 0 Å². The lowest BCUT2D eigenvalue weighted by molar-refractivity contribution is 0.308. The largest absolute Gasteiger partial charge is 0.477 e. The molecule has 1 aliphatic heterocycles. The Balaban J connectivity index is 2.23. The van der Waals surface area contributed by atoms with Crippen molar-refractivity contribution in [3.8, 4) is 0 Å². The normalized spacial score (nSPS) is 18.2. The zero-order chi connectivity index (χ0) is 9.80. The van der Waals surface area contributed by atoms with Crippen LogP contribution in [0.2, 0.25) is 5.02 Å². The van der Waals surface area contributed by atoms with Crippen molar-refractivity contribution in [2.45, 2.75) is 6.42 Å². The van der Waals surface area contributed by atoms with Gasteiger partial charge in [0.15, 0.2) is 0 Å². The number of hydrogen-bond acceptors (Lipinski definition) is 2. The maximum atomic E-state index is 5.83. The Kier molecular flexibility index (Phi) is 2.84. The molecule has 0 saturated heterocycles. The second kappa shape index (κ2) is 4.29. The summed E-state index contributed by atoms with van der Waals surface area (Å²) in [5.41, 5.74) is 0.819. The molecule has 0 atom stereocenters. The van der Waals surface area contributed by atoms with E-state index in [0.717, 1.165) is 12.1 Å². The molecule has 0 N–H and O–H groups in total. The lowest BCUT2D eigenvalue weighted by Crippen LogP contribution is -2.06. The number of rotatable bonds is 1. The van der Waals surface area contributed by atoms with Gasteiger partial charge in [0.1, 0.15) is 0 Å². The van der Waals surface area contributed by atoms with Gasteiger partial charge in [0.25, 0.3) is 0 Å². The number of ether oxygens (including phenoxy) is 1. The molecule has 2 rings (SSSR count). The van der Waals surface area contributed by atoms with E-state index in [9.17, 15) is 0 Å². The van der Waals surface area contributed by atoms with Gasteiger partial charge in [-0.05, 0) is 30.7 Å². The molecule has 0 radical (unpaired) electrons. The number of hydrogen-bond donors (Lipinski definition) is 0. The van der Waals surface area contributed by atoms with Gasteiger partial charge in [0.05, 0.1) is 12.3 Å². The van der Waals surface area contributed by atoms with E-state index in [1.165, 1.54) is 0 Å². The molecule has 14 heavy (non-hydrogen) atoms. The Bertz CT molecular complexity index is 385. The molecule has 0 unspecified atom stereocenters. The molecule has 0 amide bonds. The molecule has 0 saturated carbocycles. The zero-order valence-electron chi connectivity index (χ0n) is 7.61. The van der Waals surface area contributed by atoms with Crippen molar-refractivity contribution in [2.24, 2.45) is 4.99 Å². The van der Waals surface area contributed by atoms with Crippen LogP contribution in [-0.4, -0.2) is 12.5 Å². The van der Waals surface area contributed by atoms with Gasteiger partial charge in [-0.1, -0.05) is 23.7 Å². The third-order valence-corrected chi connectivity index (χ3v) is 2.08. The maximum Gasteiger partial charge on any atom is 0.213 e. The van der Waals surface area contributed by atoms with Gasteiger partial charge in [-0.3, -0.25) is 0 Å². The van der Waals surface area contributed by atoms with Crippen LogP contribution < -0.4 is 0 Å². The van der Waals surface area contributed by atoms with E-state index in [-0.39, 0.29) is 0 Å². The molecule has 1 aliphatic rings. The minimum atomic E-state index is 0.651. The summed E-state index contributed by atoms with van der Waals surface area (Å²) in [4.78, 5) is 4.30. The number of aliphatic imine (C=N–C) groups is 1. The van der Waals surface area contributed by atoms with Gasteiger partial charge < -0.3 is 4.74 Å². The SMILES string of the molecule is Clc1cccc(N=C2C=CCCO2)c1. The lowest BCUT2D eigenvalue weighted by Gasteiger charge is -2.08. The van der Waals surface area contributed by atoms with Crippen molar-refractivity contribution < 1.29 is 4.74 Å². The summed E-state index contributed by atoms with van der Waals surface area (Å²) in [6.45, 7) is 0.704. The monoisotopic (exact) mass is 207 g/mol. The molecular formula is C11H10ClNO. The highest BCUT2D eigenvalue weighted by Gasteiger charge is 2.00. The Morgan fingerprint density at radius 2 is 2.29 bits per heavy atom. The molecule has 0 aliphatic carbocycles. The predicted octanol–water partition coefficient (Wildman–Crippen LogP) is 3.35. The van der Waals surface area contributed by atoms with Crippen LogP contribution in [-0.2, 0) is 4.74 Å². The molecule has 0 spiro atoms. The number of halogens is 1. The van der Waals surface area contributed by atoms with Crippen molar-refractivity contribution in [1.82, 2.24) is 0 Å². The average molecular weight is 208 g/mol. The molecule has 1 aromatic carbocycles. The van der Waals surface area contributed by atoms with E-state index in [0.29, 0.717) is 17.5 Å². The number of nitrogens with zero attached hydrogens (tertiary/aromatic N) is 1. The van der Waals surface area contributed by atoms with Gasteiger partial charge >= 0.3 is 0 Å². The molecule has 0 fully saturated rings. The quantitative estimate of drug-likeness (QED) is 0.692. The van der Waals surface area contributed by atoms with E-state index in [2.05, 4.69) is 4.99 Å². The molecular weight excluding hydrogens is 198 g/mol. The fourth-order valence-electron chi connectivity index (χ4n) is 1.21. The van der Waals surface area contributed by atoms with Crippen LogP contribution in [0.25, 0.3) is 0 Å². The lowest BCUT2D eigenvalue weighted by atomic mass is 10.3. The third-order valence-electron chi connectivity index (χ3n) is 1.84. The summed E-state index contributed by atoms with van der Waals surface area (Å²) >= 11 is 5.83. The zero-order valence-corrected chi connectivity index (χ0v) is 8.37. The van der Waals surface area contributed by atoms with Gasteiger partial charge in [-0.15, -0.1) is 0 Å². The predicted molar refractivity (Wildman–Crippen MR) is 58.3 cm³/mol. The van der Waals surface area contributed by atoms with Gasteiger partial charge in [-0.2, -0.15) is 0 Å². The topological polar surface area (TPSA) is 21.6 Å². The molecule has 2 nitrogen and oxygen atoms in total. The summed E-state index contributed by atoms with van der Waals surface area (Å²) < 4.78 is 5.34. The second-order valence-corrected chi connectivity index (χ2v) is 3.41. The minimum absolute atomic E-state index is 0.651. The van der Waals surface area contributed by atoms with E-state index >= 15 is 0 Å². The van der Waals surface area contributed by atoms with Gasteiger partial charge in [0.2, 0.25) is 5.90 Å². The fraction of sp³-hybridized carbons (Fsp3) is 0.182. The van der Waals surface area contributed by atoms with E-state index in [4.69, 9.17) is 16.3 Å². The standard InChI is InChI=1S/C11H10ClNO/c12-9-4-3-5-10(8-9)13-11-6-1-2-7-14-11/h1,3-6,8H,2,7H2. The first kappa shape index (κ1) is 9.28. The molecule has 0 aromatic heterocycles. The summed E-state index contributed by atoms with van der Waals surface area (Å²) in [6.07, 6.45) is 4.88. The minimum Gasteiger partial charge on any atom is -0.477 e. The van der Waals surface area contributed by atoms with Crippen LogP contribution in [0.1, 0.15) is 6.42 Å². The highest BCUT2D eigenvalue weighted by molar-refractivity contribution is 6.30. The van der Waals surface area contributed by atoms with Crippen LogP contribution in [0.15, 0.2) is 41.4 Å². The van der Waals surface area contributed by atoms with E-state index in [1.54, 1.807) is 6.07 Å². The van der Waals surface area contributed by atoms with Crippen LogP contribution in [0.3, 0.4) is 0 Å². The molecule has 1 heterocycles. The molecule has 72 valence electrons. The summed E-state index contributed by atoms with van der Waals surface area (Å²) in [7, 11) is 0. The Morgan fingerprint density at radius 1 is 1.36 bits per heavy atom. The average Bonchev–Trinajstić information content (AvgIpc) is 2.19. The van der Waals surface area contributed by atoms with E-state index in [1.807, 2.05) is 30.4 Å². The summed E-state index contributed by atoms with van der Waals surface area (Å²) in [5.74, 6) is 0.651. The van der Waals surface area contributed by atoms with Gasteiger partial charge in [0, 0.05) is 5.02 Å². The first-order valence-corrected chi connectivity index (χ1v) is 4.86. The van der Waals surface area contributed by atoms with E-state index < -0.39 is 0 Å². The molecule has 1 aromatic rings. The second-order valence-electron chi connectivity index (χ2n) is 2.97. The highest BCUT2D eigenvalue weighted by atomic mass is 35.5. The van der Waals surface area contributed by atoms with Crippen LogP contribution in [0.4, 0.5) is 5.69 Å². The Morgan fingerprint density at radius 3 is 3.00 bits per heavy atom. The third kappa shape index (κ3) is 2.36. The smallest absolute Gasteiger partial charge is 0.213 e. The summed E-state index contributed by atoms with van der Waals surface area (Å²) in [6, 6.07) is 7.39. The Labute approximate surface area is 87.9 Å². The van der Waals surface area contributed by atoms with Crippen molar-refractivity contribution in [3.63, 3.8) is 0 Å². The Hall–Kier alpha value is -1.28. The van der Waals surface area contributed by atoms with Crippen molar-refractivity contribution in [1.29, 1.82) is 0 Å². The van der Waals surface area contributed by atoms with Crippen molar-refractivity contribution in [2.75, 3.05) is 6.61 Å². The van der Waals surface area contributed by atoms with Crippen LogP contribution in [0.5, 0.6) is 0 Å². The summed E-state index contributed by atoms with van der Waals surface area (Å²) in [5, 5.41) is 0.687. The van der Waals surface area contributed by atoms with Crippen LogP contribution >= 0.6 is 11.6 Å². The van der Waals surface area contributed by atoms with Gasteiger partial charge in [-0.25, -0.2) is 4.99 Å². The fourth-order valence-corrected chi connectivity index (χ4v) is 1.39. The molecule has 0 bridgehead atoms. The first-order chi connectivity index (χ1) is 6.84. The van der Waals surface area contributed by atoms with Crippen molar-refractivity contribution in [3.05, 3.63) is 41.4 Å². The highest BCUT2D eigenvalue weighted by Crippen LogP contribution is 2.18. The molecule has 3 heteroatoms. The maximum absolute atomic E-state index is 5.83.